The van der Waals surface area contributed by atoms with Gasteiger partial charge in [-0.25, -0.2) is 0 Å². The smallest absolute Gasteiger partial charge is 0.123 e. The highest BCUT2D eigenvalue weighted by Gasteiger charge is 1.99. The first-order valence-corrected chi connectivity index (χ1v) is 4.49. The average Bonchev–Trinajstić information content (AvgIpc) is 2.19. The summed E-state index contributed by atoms with van der Waals surface area (Å²) in [6.45, 7) is 3.31. The van der Waals surface area contributed by atoms with E-state index in [4.69, 9.17) is 9.47 Å². The van der Waals surface area contributed by atoms with Gasteiger partial charge in [-0.1, -0.05) is 19.1 Å². The molecule has 0 aromatic heterocycles. The Morgan fingerprint density at radius 2 is 2.23 bits per heavy atom. The van der Waals surface area contributed by atoms with Crippen molar-refractivity contribution >= 4 is 0 Å². The number of rotatable bonds is 5. The summed E-state index contributed by atoms with van der Waals surface area (Å²) in [4.78, 5) is 0. The zero-order valence-corrected chi connectivity index (χ0v) is 8.17. The van der Waals surface area contributed by atoms with Crippen LogP contribution < -0.4 is 4.74 Å². The standard InChI is InChI=1S/C11H15O2/c1-3-10-6-4-5-7-11(10)13-9-8-12-2/h4-5,7H,3,8-9H2,1-2H3. The molecule has 0 aliphatic carbocycles. The molecule has 0 atom stereocenters. The van der Waals surface area contributed by atoms with E-state index in [0.29, 0.717) is 13.2 Å². The molecule has 0 bridgehead atoms. The Balaban J connectivity index is 2.54. The third kappa shape index (κ3) is 3.07. The van der Waals surface area contributed by atoms with Gasteiger partial charge in [0, 0.05) is 12.7 Å². The molecular formula is C11H15O2. The van der Waals surface area contributed by atoms with Gasteiger partial charge in [-0.05, 0) is 18.6 Å². The molecule has 0 aliphatic heterocycles. The van der Waals surface area contributed by atoms with E-state index in [1.165, 1.54) is 0 Å². The highest BCUT2D eigenvalue weighted by atomic mass is 16.5. The predicted molar refractivity (Wildman–Crippen MR) is 52.0 cm³/mol. The molecule has 1 aromatic rings. The normalized spacial score (nSPS) is 10.0. The van der Waals surface area contributed by atoms with Gasteiger partial charge in [0.15, 0.2) is 0 Å². The van der Waals surface area contributed by atoms with Crippen LogP contribution in [0.4, 0.5) is 0 Å². The first kappa shape index (κ1) is 10.1. The molecule has 0 unspecified atom stereocenters. The molecular weight excluding hydrogens is 164 g/mol. The second kappa shape index (κ2) is 5.60. The van der Waals surface area contributed by atoms with Crippen LogP contribution in [0, 0.1) is 6.07 Å². The Morgan fingerprint density at radius 1 is 1.38 bits per heavy atom. The second-order valence-electron chi connectivity index (χ2n) is 2.71. The molecule has 2 nitrogen and oxygen atoms in total. The van der Waals surface area contributed by atoms with Crippen molar-refractivity contribution in [1.29, 1.82) is 0 Å². The zero-order chi connectivity index (χ0) is 9.52. The number of benzene rings is 1. The summed E-state index contributed by atoms with van der Waals surface area (Å²) in [6.07, 6.45) is 0.948. The van der Waals surface area contributed by atoms with E-state index in [-0.39, 0.29) is 0 Å². The second-order valence-corrected chi connectivity index (χ2v) is 2.71. The Bertz CT molecular complexity index is 246. The molecule has 0 saturated carbocycles. The molecule has 0 saturated heterocycles. The fourth-order valence-electron chi connectivity index (χ4n) is 1.10. The van der Waals surface area contributed by atoms with Gasteiger partial charge in [-0.3, -0.25) is 0 Å². The molecule has 71 valence electrons. The minimum absolute atomic E-state index is 0.599. The van der Waals surface area contributed by atoms with Gasteiger partial charge in [0.1, 0.15) is 12.4 Å². The van der Waals surface area contributed by atoms with E-state index in [1.54, 1.807) is 7.11 Å². The van der Waals surface area contributed by atoms with Gasteiger partial charge >= 0.3 is 0 Å². The van der Waals surface area contributed by atoms with E-state index < -0.39 is 0 Å². The van der Waals surface area contributed by atoms with Gasteiger partial charge in [-0.2, -0.15) is 0 Å². The summed E-state index contributed by atoms with van der Waals surface area (Å²) in [7, 11) is 1.67. The van der Waals surface area contributed by atoms with Gasteiger partial charge in [-0.15, -0.1) is 0 Å². The summed E-state index contributed by atoms with van der Waals surface area (Å²) < 4.78 is 10.4. The van der Waals surface area contributed by atoms with Crippen molar-refractivity contribution in [3.63, 3.8) is 0 Å². The maximum absolute atomic E-state index is 5.51. The molecule has 0 N–H and O–H groups in total. The maximum atomic E-state index is 5.51. The highest BCUT2D eigenvalue weighted by molar-refractivity contribution is 5.32. The predicted octanol–water partition coefficient (Wildman–Crippen LogP) is 2.07. The van der Waals surface area contributed by atoms with E-state index in [0.717, 1.165) is 17.7 Å². The fourth-order valence-corrected chi connectivity index (χ4v) is 1.10. The average molecular weight is 179 g/mol. The van der Waals surface area contributed by atoms with Crippen LogP contribution in [0.5, 0.6) is 5.75 Å². The maximum Gasteiger partial charge on any atom is 0.123 e. The summed E-state index contributed by atoms with van der Waals surface area (Å²) in [5.74, 6) is 0.919. The van der Waals surface area contributed by atoms with E-state index in [1.807, 2.05) is 18.2 Å². The largest absolute Gasteiger partial charge is 0.491 e. The monoisotopic (exact) mass is 179 g/mol. The third-order valence-electron chi connectivity index (χ3n) is 1.80. The lowest BCUT2D eigenvalue weighted by molar-refractivity contribution is 0.146. The molecule has 1 aromatic carbocycles. The first-order valence-electron chi connectivity index (χ1n) is 4.49. The highest BCUT2D eigenvalue weighted by Crippen LogP contribution is 2.17. The fraction of sp³-hybridized carbons (Fsp3) is 0.455. The number of methoxy groups -OCH3 is 1. The van der Waals surface area contributed by atoms with Gasteiger partial charge in [0.2, 0.25) is 0 Å². The Hall–Kier alpha value is -1.02. The lowest BCUT2D eigenvalue weighted by atomic mass is 10.1. The van der Waals surface area contributed by atoms with Crippen LogP contribution in [0.3, 0.4) is 0 Å². The number of hydrogen-bond donors (Lipinski definition) is 0. The van der Waals surface area contributed by atoms with Crippen LogP contribution in [0.15, 0.2) is 18.2 Å². The lowest BCUT2D eigenvalue weighted by Gasteiger charge is -2.08. The Morgan fingerprint density at radius 3 is 2.92 bits per heavy atom. The summed E-state index contributed by atoms with van der Waals surface area (Å²) in [5.41, 5.74) is 1.12. The summed E-state index contributed by atoms with van der Waals surface area (Å²) in [5, 5.41) is 0. The summed E-state index contributed by atoms with van der Waals surface area (Å²) >= 11 is 0. The molecule has 0 amide bonds. The molecule has 2 heteroatoms. The van der Waals surface area contributed by atoms with Crippen molar-refractivity contribution in [2.75, 3.05) is 20.3 Å². The molecule has 0 spiro atoms. The molecule has 0 heterocycles. The number of aryl methyl sites for hydroxylation is 1. The Labute approximate surface area is 79.5 Å². The summed E-state index contributed by atoms with van der Waals surface area (Å²) in [6, 6.07) is 8.95. The van der Waals surface area contributed by atoms with E-state index >= 15 is 0 Å². The van der Waals surface area contributed by atoms with E-state index in [9.17, 15) is 0 Å². The molecule has 0 aliphatic rings. The minimum Gasteiger partial charge on any atom is -0.491 e. The third-order valence-corrected chi connectivity index (χ3v) is 1.80. The van der Waals surface area contributed by atoms with Crippen LogP contribution in [0.1, 0.15) is 12.5 Å². The van der Waals surface area contributed by atoms with Crippen molar-refractivity contribution in [1.82, 2.24) is 0 Å². The zero-order valence-electron chi connectivity index (χ0n) is 8.17. The van der Waals surface area contributed by atoms with Crippen LogP contribution in [0.25, 0.3) is 0 Å². The van der Waals surface area contributed by atoms with Crippen molar-refractivity contribution < 1.29 is 9.47 Å². The van der Waals surface area contributed by atoms with Gasteiger partial charge in [0.05, 0.1) is 6.61 Å². The van der Waals surface area contributed by atoms with Crippen LogP contribution >= 0.6 is 0 Å². The Kier molecular flexibility index (Phi) is 4.33. The topological polar surface area (TPSA) is 18.5 Å². The minimum atomic E-state index is 0.599. The lowest BCUT2D eigenvalue weighted by Crippen LogP contribution is -2.05. The van der Waals surface area contributed by atoms with Crippen molar-refractivity contribution in [3.8, 4) is 5.75 Å². The van der Waals surface area contributed by atoms with Crippen LogP contribution in [-0.2, 0) is 11.2 Å². The SMILES string of the molecule is CCc1[c]cccc1OCCOC. The van der Waals surface area contributed by atoms with Crippen LogP contribution in [-0.4, -0.2) is 20.3 Å². The van der Waals surface area contributed by atoms with Crippen molar-refractivity contribution in [2.45, 2.75) is 13.3 Å². The van der Waals surface area contributed by atoms with Gasteiger partial charge < -0.3 is 9.47 Å². The molecule has 13 heavy (non-hydrogen) atoms. The van der Waals surface area contributed by atoms with Crippen molar-refractivity contribution in [2.24, 2.45) is 0 Å². The van der Waals surface area contributed by atoms with Crippen molar-refractivity contribution in [3.05, 3.63) is 29.8 Å². The quantitative estimate of drug-likeness (QED) is 0.644. The number of ether oxygens (including phenoxy) is 2. The number of hydrogen-bond acceptors (Lipinski definition) is 2. The first-order chi connectivity index (χ1) is 6.38. The molecule has 1 rings (SSSR count). The molecule has 1 radical (unpaired) electrons. The van der Waals surface area contributed by atoms with Gasteiger partial charge in [0.25, 0.3) is 0 Å². The van der Waals surface area contributed by atoms with E-state index in [2.05, 4.69) is 13.0 Å². The molecule has 0 fully saturated rings. The van der Waals surface area contributed by atoms with Crippen LogP contribution in [0.2, 0.25) is 0 Å².